The minimum Gasteiger partial charge on any atom is -0.319 e. The number of anilines is 1. The second-order valence-corrected chi connectivity index (χ2v) is 3.88. The maximum atomic E-state index is 13.3. The Hall–Kier alpha value is -2.24. The molecule has 1 heterocycles. The van der Waals surface area contributed by atoms with Gasteiger partial charge in [0, 0.05) is 12.1 Å². The SMILES string of the molecule is CCc1nc(C(=O)Nc2ccc(C)c(F)c2)n[nH]1. The number of aromatic nitrogens is 3. The summed E-state index contributed by atoms with van der Waals surface area (Å²) in [6.45, 7) is 3.56. The number of H-pyrrole nitrogens is 1. The molecule has 2 aromatic rings. The van der Waals surface area contributed by atoms with E-state index in [1.165, 1.54) is 6.07 Å². The lowest BCUT2D eigenvalue weighted by molar-refractivity contribution is 0.101. The number of hydrogen-bond acceptors (Lipinski definition) is 3. The average molecular weight is 248 g/mol. The maximum absolute atomic E-state index is 13.3. The van der Waals surface area contributed by atoms with Gasteiger partial charge in [-0.25, -0.2) is 9.37 Å². The van der Waals surface area contributed by atoms with Crippen LogP contribution in [0.15, 0.2) is 18.2 Å². The molecule has 1 amide bonds. The topological polar surface area (TPSA) is 70.7 Å². The van der Waals surface area contributed by atoms with E-state index in [0.29, 0.717) is 23.5 Å². The highest BCUT2D eigenvalue weighted by Crippen LogP contribution is 2.14. The van der Waals surface area contributed by atoms with E-state index in [1.807, 2.05) is 6.92 Å². The number of rotatable bonds is 3. The second kappa shape index (κ2) is 4.95. The van der Waals surface area contributed by atoms with Gasteiger partial charge in [-0.2, -0.15) is 0 Å². The van der Waals surface area contributed by atoms with Crippen molar-refractivity contribution in [3.63, 3.8) is 0 Å². The van der Waals surface area contributed by atoms with Crippen LogP contribution >= 0.6 is 0 Å². The molecule has 0 bridgehead atoms. The number of benzene rings is 1. The summed E-state index contributed by atoms with van der Waals surface area (Å²) in [6.07, 6.45) is 0.666. The third-order valence-corrected chi connectivity index (χ3v) is 2.50. The first kappa shape index (κ1) is 12.2. The van der Waals surface area contributed by atoms with E-state index in [9.17, 15) is 9.18 Å². The first-order valence-corrected chi connectivity index (χ1v) is 5.59. The monoisotopic (exact) mass is 248 g/mol. The Morgan fingerprint density at radius 2 is 2.28 bits per heavy atom. The van der Waals surface area contributed by atoms with Crippen molar-refractivity contribution in [1.29, 1.82) is 0 Å². The van der Waals surface area contributed by atoms with E-state index in [1.54, 1.807) is 19.1 Å². The van der Waals surface area contributed by atoms with Crippen LogP contribution in [0.5, 0.6) is 0 Å². The molecule has 2 rings (SSSR count). The van der Waals surface area contributed by atoms with Crippen molar-refractivity contribution >= 4 is 11.6 Å². The van der Waals surface area contributed by atoms with Gasteiger partial charge >= 0.3 is 0 Å². The highest BCUT2D eigenvalue weighted by atomic mass is 19.1. The lowest BCUT2D eigenvalue weighted by Crippen LogP contribution is -2.14. The first-order valence-electron chi connectivity index (χ1n) is 5.59. The summed E-state index contributed by atoms with van der Waals surface area (Å²) in [7, 11) is 0. The molecular weight excluding hydrogens is 235 g/mol. The lowest BCUT2D eigenvalue weighted by atomic mass is 10.2. The van der Waals surface area contributed by atoms with Crippen LogP contribution < -0.4 is 5.32 Å². The molecule has 0 fully saturated rings. The molecule has 0 unspecified atom stereocenters. The van der Waals surface area contributed by atoms with Crippen molar-refractivity contribution in [2.45, 2.75) is 20.3 Å². The lowest BCUT2D eigenvalue weighted by Gasteiger charge is -2.03. The third kappa shape index (κ3) is 2.53. The molecule has 0 saturated heterocycles. The fourth-order valence-corrected chi connectivity index (χ4v) is 1.41. The van der Waals surface area contributed by atoms with Crippen LogP contribution in [0.25, 0.3) is 0 Å². The van der Waals surface area contributed by atoms with Gasteiger partial charge < -0.3 is 5.32 Å². The van der Waals surface area contributed by atoms with Gasteiger partial charge in [0.2, 0.25) is 5.82 Å². The molecule has 2 N–H and O–H groups in total. The van der Waals surface area contributed by atoms with Crippen molar-refractivity contribution in [3.8, 4) is 0 Å². The number of aromatic amines is 1. The van der Waals surface area contributed by atoms with Gasteiger partial charge in [-0.3, -0.25) is 9.89 Å². The van der Waals surface area contributed by atoms with E-state index in [4.69, 9.17) is 0 Å². The van der Waals surface area contributed by atoms with Crippen LogP contribution in [0.4, 0.5) is 10.1 Å². The molecule has 1 aromatic carbocycles. The van der Waals surface area contributed by atoms with Crippen molar-refractivity contribution in [2.24, 2.45) is 0 Å². The molecule has 5 nitrogen and oxygen atoms in total. The summed E-state index contributed by atoms with van der Waals surface area (Å²) in [4.78, 5) is 15.8. The zero-order chi connectivity index (χ0) is 13.1. The zero-order valence-electron chi connectivity index (χ0n) is 10.1. The standard InChI is InChI=1S/C12H13FN4O/c1-3-10-15-11(17-16-10)12(18)14-8-5-4-7(2)9(13)6-8/h4-6H,3H2,1-2H3,(H,14,18)(H,15,16,17). The van der Waals surface area contributed by atoms with Crippen LogP contribution in [0.1, 0.15) is 28.9 Å². The van der Waals surface area contributed by atoms with E-state index in [0.717, 1.165) is 0 Å². The molecule has 94 valence electrons. The highest BCUT2D eigenvalue weighted by molar-refractivity contribution is 6.01. The minimum absolute atomic E-state index is 0.0489. The van der Waals surface area contributed by atoms with E-state index >= 15 is 0 Å². The Labute approximate surface area is 103 Å². The van der Waals surface area contributed by atoms with Gasteiger partial charge in [-0.05, 0) is 24.6 Å². The van der Waals surface area contributed by atoms with Crippen molar-refractivity contribution in [1.82, 2.24) is 15.2 Å². The summed E-state index contributed by atoms with van der Waals surface area (Å²) in [5, 5.41) is 8.97. The Morgan fingerprint density at radius 3 is 2.89 bits per heavy atom. The van der Waals surface area contributed by atoms with Gasteiger partial charge in [0.15, 0.2) is 0 Å². The second-order valence-electron chi connectivity index (χ2n) is 3.88. The smallest absolute Gasteiger partial charge is 0.295 e. The highest BCUT2D eigenvalue weighted by Gasteiger charge is 2.12. The molecule has 0 saturated carbocycles. The molecule has 1 aromatic heterocycles. The van der Waals surface area contributed by atoms with E-state index < -0.39 is 5.91 Å². The molecular formula is C12H13FN4O. The van der Waals surface area contributed by atoms with Crippen molar-refractivity contribution in [3.05, 3.63) is 41.2 Å². The molecule has 18 heavy (non-hydrogen) atoms. The maximum Gasteiger partial charge on any atom is 0.295 e. The van der Waals surface area contributed by atoms with Gasteiger partial charge in [-0.15, -0.1) is 5.10 Å². The summed E-state index contributed by atoms with van der Waals surface area (Å²) in [5.74, 6) is -0.144. The predicted molar refractivity (Wildman–Crippen MR) is 64.9 cm³/mol. The number of nitrogens with one attached hydrogen (secondary N) is 2. The Kier molecular flexibility index (Phi) is 3.36. The predicted octanol–water partition coefficient (Wildman–Crippen LogP) is 2.07. The third-order valence-electron chi connectivity index (χ3n) is 2.50. The molecule has 0 atom stereocenters. The van der Waals surface area contributed by atoms with Gasteiger partial charge in [0.25, 0.3) is 5.91 Å². The summed E-state index contributed by atoms with van der Waals surface area (Å²) in [5.41, 5.74) is 0.908. The first-order chi connectivity index (χ1) is 8.60. The van der Waals surface area contributed by atoms with E-state index in [-0.39, 0.29) is 11.6 Å². The normalized spacial score (nSPS) is 10.4. The number of aryl methyl sites for hydroxylation is 2. The Balaban J connectivity index is 2.13. The molecule has 0 radical (unpaired) electrons. The summed E-state index contributed by atoms with van der Waals surface area (Å²) < 4.78 is 13.3. The fourth-order valence-electron chi connectivity index (χ4n) is 1.41. The largest absolute Gasteiger partial charge is 0.319 e. The van der Waals surface area contributed by atoms with Crippen LogP contribution in [0.2, 0.25) is 0 Å². The number of nitrogens with zero attached hydrogens (tertiary/aromatic N) is 2. The van der Waals surface area contributed by atoms with Crippen LogP contribution in [-0.4, -0.2) is 21.1 Å². The Morgan fingerprint density at radius 1 is 1.50 bits per heavy atom. The van der Waals surface area contributed by atoms with Gasteiger partial charge in [0.1, 0.15) is 11.6 Å². The quantitative estimate of drug-likeness (QED) is 0.873. The summed E-state index contributed by atoms with van der Waals surface area (Å²) >= 11 is 0. The van der Waals surface area contributed by atoms with Crippen LogP contribution in [0, 0.1) is 12.7 Å². The van der Waals surface area contributed by atoms with Crippen molar-refractivity contribution in [2.75, 3.05) is 5.32 Å². The number of amides is 1. The van der Waals surface area contributed by atoms with Crippen molar-refractivity contribution < 1.29 is 9.18 Å². The molecule has 0 spiro atoms. The molecule has 0 aliphatic carbocycles. The number of carbonyl (C=O) groups is 1. The molecule has 0 aliphatic heterocycles. The average Bonchev–Trinajstić information content (AvgIpc) is 2.82. The molecule has 0 aliphatic rings. The minimum atomic E-state index is -0.464. The zero-order valence-corrected chi connectivity index (χ0v) is 10.1. The number of hydrogen-bond donors (Lipinski definition) is 2. The fraction of sp³-hybridized carbons (Fsp3) is 0.250. The molecule has 6 heteroatoms. The Bertz CT molecular complexity index is 579. The number of halogens is 1. The van der Waals surface area contributed by atoms with Gasteiger partial charge in [0.05, 0.1) is 0 Å². The van der Waals surface area contributed by atoms with E-state index in [2.05, 4.69) is 20.5 Å². The van der Waals surface area contributed by atoms with Crippen LogP contribution in [-0.2, 0) is 6.42 Å². The number of carbonyl (C=O) groups excluding carboxylic acids is 1. The van der Waals surface area contributed by atoms with Crippen LogP contribution in [0.3, 0.4) is 0 Å². The summed E-state index contributed by atoms with van der Waals surface area (Å²) in [6, 6.07) is 4.49. The van der Waals surface area contributed by atoms with Gasteiger partial charge in [-0.1, -0.05) is 13.0 Å².